The molecule has 0 bridgehead atoms. The summed E-state index contributed by atoms with van der Waals surface area (Å²) in [6.45, 7) is 4.11. The number of aryl methyl sites for hydroxylation is 2. The van der Waals surface area contributed by atoms with Gasteiger partial charge in [-0.15, -0.1) is 0 Å². The first-order chi connectivity index (χ1) is 6.52. The molecule has 1 aromatic rings. The van der Waals surface area contributed by atoms with E-state index in [1.807, 2.05) is 20.9 Å². The molecule has 0 saturated carbocycles. The maximum absolute atomic E-state index is 10.2. The third-order valence-electron chi connectivity index (χ3n) is 2.20. The zero-order valence-corrected chi connectivity index (χ0v) is 9.30. The maximum atomic E-state index is 10.2. The summed E-state index contributed by atoms with van der Waals surface area (Å²) in [6, 6.07) is 0. The van der Waals surface area contributed by atoms with Crippen molar-refractivity contribution in [3.63, 3.8) is 0 Å². The van der Waals surface area contributed by atoms with Gasteiger partial charge in [0.15, 0.2) is 0 Å². The predicted molar refractivity (Wildman–Crippen MR) is 53.1 cm³/mol. The van der Waals surface area contributed by atoms with Gasteiger partial charge >= 0.3 is 11.4 Å². The average Bonchev–Trinajstić information content (AvgIpc) is 2.31. The lowest BCUT2D eigenvalue weighted by Gasteiger charge is -2.00. The molecule has 1 unspecified atom stereocenters. The summed E-state index contributed by atoms with van der Waals surface area (Å²) in [4.78, 5) is 0. The predicted octanol–water partition coefficient (Wildman–Crippen LogP) is 0.733. The number of aromatic nitrogens is 2. The molecule has 1 atom stereocenters. The molecule has 0 aliphatic carbocycles. The van der Waals surface area contributed by atoms with Gasteiger partial charge in [-0.25, -0.2) is 0 Å². The van der Waals surface area contributed by atoms with E-state index < -0.39 is 11.4 Å². The number of hydrogen-bond acceptors (Lipinski definition) is 3. The zero-order valence-electron chi connectivity index (χ0n) is 8.48. The molecule has 0 saturated heterocycles. The van der Waals surface area contributed by atoms with Crippen molar-refractivity contribution in [1.29, 1.82) is 0 Å². The van der Waals surface area contributed by atoms with Crippen LogP contribution in [0.15, 0.2) is 0 Å². The smallest absolute Gasteiger partial charge is 0.284 e. The minimum absolute atomic E-state index is 0.233. The Labute approximate surface area is 85.6 Å². The molecular formula is C8H14N2O3S. The molecule has 1 aromatic heterocycles. The van der Waals surface area contributed by atoms with E-state index in [4.69, 9.17) is 4.55 Å². The van der Waals surface area contributed by atoms with Crippen molar-refractivity contribution in [2.75, 3.05) is 6.61 Å². The summed E-state index contributed by atoms with van der Waals surface area (Å²) in [7, 11) is 1.87. The lowest BCUT2D eigenvalue weighted by Crippen LogP contribution is -2.02. The van der Waals surface area contributed by atoms with Crippen molar-refractivity contribution < 1.29 is 12.9 Å². The average molecular weight is 218 g/mol. The number of nitrogens with zero attached hydrogens (tertiary/aromatic N) is 2. The van der Waals surface area contributed by atoms with Crippen LogP contribution in [0.5, 0.6) is 0 Å². The van der Waals surface area contributed by atoms with E-state index >= 15 is 0 Å². The van der Waals surface area contributed by atoms with E-state index in [0.717, 1.165) is 17.0 Å². The normalized spacial score (nSPS) is 13.1. The van der Waals surface area contributed by atoms with Gasteiger partial charge in [-0.2, -0.15) is 9.31 Å². The Kier molecular flexibility index (Phi) is 3.79. The summed E-state index contributed by atoms with van der Waals surface area (Å²) < 4.78 is 25.0. The van der Waals surface area contributed by atoms with E-state index in [1.54, 1.807) is 4.68 Å². The molecule has 0 aromatic carbocycles. The molecule has 6 heteroatoms. The van der Waals surface area contributed by atoms with Gasteiger partial charge in [0.2, 0.25) is 0 Å². The van der Waals surface area contributed by atoms with Crippen molar-refractivity contribution in [2.24, 2.45) is 7.05 Å². The summed E-state index contributed by atoms with van der Waals surface area (Å²) in [5.74, 6) is 0. The first-order valence-electron chi connectivity index (χ1n) is 4.25. The Bertz CT molecular complexity index is 349. The molecule has 0 amide bonds. The lowest BCUT2D eigenvalue weighted by atomic mass is 10.1. The Morgan fingerprint density at radius 1 is 1.57 bits per heavy atom. The van der Waals surface area contributed by atoms with Crippen LogP contribution in [0.4, 0.5) is 0 Å². The second-order valence-corrected chi connectivity index (χ2v) is 3.73. The van der Waals surface area contributed by atoms with Gasteiger partial charge in [0.1, 0.15) is 0 Å². The van der Waals surface area contributed by atoms with Gasteiger partial charge in [0.25, 0.3) is 0 Å². The fraction of sp³-hybridized carbons (Fsp3) is 0.625. The molecule has 1 rings (SSSR count). The van der Waals surface area contributed by atoms with Crippen LogP contribution in [0.3, 0.4) is 0 Å². The summed E-state index contributed by atoms with van der Waals surface area (Å²) in [5, 5.41) is 4.23. The van der Waals surface area contributed by atoms with Crippen LogP contribution in [0.1, 0.15) is 17.0 Å². The van der Waals surface area contributed by atoms with Crippen LogP contribution >= 0.6 is 0 Å². The van der Waals surface area contributed by atoms with Crippen LogP contribution in [-0.2, 0) is 29.0 Å². The third kappa shape index (κ3) is 2.63. The standard InChI is InChI=1S/C8H14N2O3S/c1-6-8(4-5-13-14(11)12)7(2)10(3)9-6/h4-5H2,1-3H3,(H,11,12). The summed E-state index contributed by atoms with van der Waals surface area (Å²) >= 11 is -2.17. The van der Waals surface area contributed by atoms with Crippen molar-refractivity contribution in [3.05, 3.63) is 17.0 Å². The second-order valence-electron chi connectivity index (χ2n) is 3.06. The van der Waals surface area contributed by atoms with Crippen molar-refractivity contribution in [3.8, 4) is 0 Å². The van der Waals surface area contributed by atoms with Crippen LogP contribution in [0.2, 0.25) is 0 Å². The highest BCUT2D eigenvalue weighted by Crippen LogP contribution is 2.12. The molecular weight excluding hydrogens is 204 g/mol. The highest BCUT2D eigenvalue weighted by atomic mass is 32.2. The molecule has 1 N–H and O–H groups in total. The highest BCUT2D eigenvalue weighted by molar-refractivity contribution is 7.74. The number of rotatable bonds is 4. The van der Waals surface area contributed by atoms with E-state index in [0.29, 0.717) is 6.42 Å². The first kappa shape index (κ1) is 11.4. The molecule has 80 valence electrons. The van der Waals surface area contributed by atoms with E-state index in [-0.39, 0.29) is 6.61 Å². The minimum atomic E-state index is -2.17. The van der Waals surface area contributed by atoms with Crippen LogP contribution < -0.4 is 0 Å². The Hall–Kier alpha value is -0.720. The van der Waals surface area contributed by atoms with Crippen LogP contribution in [0, 0.1) is 13.8 Å². The zero-order chi connectivity index (χ0) is 10.7. The fourth-order valence-electron chi connectivity index (χ4n) is 1.39. The Morgan fingerprint density at radius 2 is 2.21 bits per heavy atom. The molecule has 0 fully saturated rings. The largest absolute Gasteiger partial charge is 0.301 e. The van der Waals surface area contributed by atoms with E-state index in [1.165, 1.54) is 0 Å². The van der Waals surface area contributed by atoms with Crippen molar-refractivity contribution in [2.45, 2.75) is 20.3 Å². The minimum Gasteiger partial charge on any atom is -0.284 e. The molecule has 1 heterocycles. The Balaban J connectivity index is 2.62. The topological polar surface area (TPSA) is 64.4 Å². The molecule has 0 aliphatic heterocycles. The van der Waals surface area contributed by atoms with Crippen LogP contribution in [-0.4, -0.2) is 25.1 Å². The van der Waals surface area contributed by atoms with Gasteiger partial charge in [-0.05, 0) is 19.4 Å². The molecule has 0 radical (unpaired) electrons. The van der Waals surface area contributed by atoms with E-state index in [2.05, 4.69) is 9.28 Å². The van der Waals surface area contributed by atoms with E-state index in [9.17, 15) is 4.21 Å². The third-order valence-corrected chi connectivity index (χ3v) is 2.56. The molecule has 0 spiro atoms. The summed E-state index contributed by atoms with van der Waals surface area (Å²) in [6.07, 6.45) is 0.609. The highest BCUT2D eigenvalue weighted by Gasteiger charge is 2.09. The van der Waals surface area contributed by atoms with Gasteiger partial charge < -0.3 is 0 Å². The SMILES string of the molecule is Cc1nn(C)c(C)c1CCOS(=O)O. The number of hydrogen-bond donors (Lipinski definition) is 1. The second kappa shape index (κ2) is 4.68. The van der Waals surface area contributed by atoms with Gasteiger partial charge in [0.05, 0.1) is 12.3 Å². The van der Waals surface area contributed by atoms with Gasteiger partial charge in [-0.1, -0.05) is 0 Å². The van der Waals surface area contributed by atoms with Gasteiger partial charge in [0, 0.05) is 19.2 Å². The lowest BCUT2D eigenvalue weighted by molar-refractivity contribution is 0.310. The van der Waals surface area contributed by atoms with Crippen molar-refractivity contribution >= 4 is 11.4 Å². The quantitative estimate of drug-likeness (QED) is 0.757. The van der Waals surface area contributed by atoms with Gasteiger partial charge in [-0.3, -0.25) is 13.4 Å². The van der Waals surface area contributed by atoms with Crippen molar-refractivity contribution in [1.82, 2.24) is 9.78 Å². The Morgan fingerprint density at radius 3 is 2.64 bits per heavy atom. The maximum Gasteiger partial charge on any atom is 0.301 e. The molecule has 5 nitrogen and oxygen atoms in total. The fourth-order valence-corrected chi connectivity index (χ4v) is 1.62. The molecule has 0 aliphatic rings. The van der Waals surface area contributed by atoms with Crippen LogP contribution in [0.25, 0.3) is 0 Å². The first-order valence-corrected chi connectivity index (χ1v) is 5.28. The monoisotopic (exact) mass is 218 g/mol. The molecule has 14 heavy (non-hydrogen) atoms. The summed E-state index contributed by atoms with van der Waals surface area (Å²) in [5.41, 5.74) is 3.09.